The van der Waals surface area contributed by atoms with E-state index in [0.29, 0.717) is 11.3 Å². The maximum absolute atomic E-state index is 12.0. The molecule has 0 saturated heterocycles. The lowest BCUT2D eigenvalue weighted by Crippen LogP contribution is -2.30. The van der Waals surface area contributed by atoms with Gasteiger partial charge in [0.1, 0.15) is 6.10 Å². The van der Waals surface area contributed by atoms with E-state index in [1.807, 2.05) is 6.92 Å². The van der Waals surface area contributed by atoms with Crippen LogP contribution in [0, 0.1) is 11.3 Å². The zero-order valence-corrected chi connectivity index (χ0v) is 16.9. The Kier molecular flexibility index (Phi) is 9.52. The topological polar surface area (TPSA) is 52.6 Å². The second kappa shape index (κ2) is 10.8. The van der Waals surface area contributed by atoms with E-state index >= 15 is 0 Å². The largest absolute Gasteiger partial charge is 0.463 e. The molecule has 0 spiro atoms. The van der Waals surface area contributed by atoms with Crippen molar-refractivity contribution in [2.45, 2.75) is 111 Å². The first kappa shape index (κ1) is 22.0. The Morgan fingerprint density at radius 1 is 1.00 bits per heavy atom. The molecule has 1 aliphatic carbocycles. The van der Waals surface area contributed by atoms with E-state index in [0.717, 1.165) is 51.4 Å². The van der Waals surface area contributed by atoms with Crippen molar-refractivity contribution in [3.8, 4) is 0 Å². The first-order valence-electron chi connectivity index (χ1n) is 10.1. The molecule has 0 bridgehead atoms. The highest BCUT2D eigenvalue weighted by Gasteiger charge is 2.31. The van der Waals surface area contributed by atoms with Crippen LogP contribution in [-0.2, 0) is 19.1 Å². The fourth-order valence-electron chi connectivity index (χ4n) is 3.52. The van der Waals surface area contributed by atoms with Crippen molar-refractivity contribution in [3.05, 3.63) is 0 Å². The third kappa shape index (κ3) is 9.27. The van der Waals surface area contributed by atoms with Crippen LogP contribution in [0.5, 0.6) is 0 Å². The Morgan fingerprint density at radius 2 is 1.60 bits per heavy atom. The molecule has 0 aromatic carbocycles. The fourth-order valence-corrected chi connectivity index (χ4v) is 3.52. The Bertz CT molecular complexity index is 403. The van der Waals surface area contributed by atoms with Gasteiger partial charge in [-0.3, -0.25) is 9.59 Å². The minimum absolute atomic E-state index is 0.0232. The van der Waals surface area contributed by atoms with Gasteiger partial charge in [0.2, 0.25) is 0 Å². The molecular weight excluding hydrogens is 316 g/mol. The van der Waals surface area contributed by atoms with Crippen molar-refractivity contribution in [2.75, 3.05) is 0 Å². The summed E-state index contributed by atoms with van der Waals surface area (Å²) >= 11 is 0. The van der Waals surface area contributed by atoms with Gasteiger partial charge in [-0.05, 0) is 56.8 Å². The predicted molar refractivity (Wildman–Crippen MR) is 100 cm³/mol. The summed E-state index contributed by atoms with van der Waals surface area (Å²) in [6, 6.07) is 0. The Balaban J connectivity index is 2.17. The maximum Gasteiger partial charge on any atom is 0.306 e. The zero-order chi connectivity index (χ0) is 18.9. The van der Waals surface area contributed by atoms with E-state index in [1.165, 1.54) is 0 Å². The molecule has 1 aliphatic rings. The number of esters is 2. The van der Waals surface area contributed by atoms with Crippen molar-refractivity contribution >= 4 is 11.9 Å². The minimum atomic E-state index is -0.294. The molecule has 1 fully saturated rings. The van der Waals surface area contributed by atoms with Gasteiger partial charge in [0.05, 0.1) is 18.9 Å². The number of rotatable bonds is 9. The predicted octanol–water partition coefficient (Wildman–Crippen LogP) is 5.43. The molecule has 4 nitrogen and oxygen atoms in total. The van der Waals surface area contributed by atoms with E-state index in [2.05, 4.69) is 27.7 Å². The highest BCUT2D eigenvalue weighted by atomic mass is 16.5. The minimum Gasteiger partial charge on any atom is -0.463 e. The molecule has 0 N–H and O–H groups in total. The molecule has 0 radical (unpaired) electrons. The van der Waals surface area contributed by atoms with Gasteiger partial charge >= 0.3 is 11.9 Å². The molecule has 0 aliphatic heterocycles. The van der Waals surface area contributed by atoms with Crippen LogP contribution in [0.15, 0.2) is 0 Å². The van der Waals surface area contributed by atoms with E-state index in [-0.39, 0.29) is 37.0 Å². The van der Waals surface area contributed by atoms with Crippen molar-refractivity contribution in [2.24, 2.45) is 11.3 Å². The van der Waals surface area contributed by atoms with Gasteiger partial charge in [-0.2, -0.15) is 0 Å². The summed E-state index contributed by atoms with van der Waals surface area (Å²) < 4.78 is 10.9. The van der Waals surface area contributed by atoms with Gasteiger partial charge in [-0.25, -0.2) is 0 Å². The lowest BCUT2D eigenvalue weighted by atomic mass is 9.72. The lowest BCUT2D eigenvalue weighted by molar-refractivity contribution is -0.157. The highest BCUT2D eigenvalue weighted by Crippen LogP contribution is 2.38. The second-order valence-electron chi connectivity index (χ2n) is 8.63. The SMILES string of the molecule is CCCCCC(C)OC(=O)CCC(=O)OC1CCC(C(C)(C)C)CC1. The summed E-state index contributed by atoms with van der Waals surface area (Å²) in [6.07, 6.45) is 8.57. The average Bonchev–Trinajstić information content (AvgIpc) is 2.53. The number of unbranched alkanes of at least 4 members (excludes halogenated alkanes) is 2. The number of hydrogen-bond acceptors (Lipinski definition) is 4. The molecule has 1 saturated carbocycles. The Labute approximate surface area is 154 Å². The second-order valence-corrected chi connectivity index (χ2v) is 8.63. The summed E-state index contributed by atoms with van der Waals surface area (Å²) in [5, 5.41) is 0. The van der Waals surface area contributed by atoms with Crippen molar-refractivity contribution in [1.82, 2.24) is 0 Å². The van der Waals surface area contributed by atoms with E-state index < -0.39 is 0 Å². The third-order valence-electron chi connectivity index (χ3n) is 5.28. The van der Waals surface area contributed by atoms with E-state index in [1.54, 1.807) is 0 Å². The number of carbonyl (C=O) groups excluding carboxylic acids is 2. The molecule has 4 heteroatoms. The summed E-state index contributed by atoms with van der Waals surface area (Å²) in [5.41, 5.74) is 0.326. The van der Waals surface area contributed by atoms with Crippen molar-refractivity contribution in [3.63, 3.8) is 0 Å². The van der Waals surface area contributed by atoms with Crippen LogP contribution >= 0.6 is 0 Å². The van der Waals surface area contributed by atoms with Gasteiger partial charge in [0.25, 0.3) is 0 Å². The van der Waals surface area contributed by atoms with Gasteiger partial charge in [-0.15, -0.1) is 0 Å². The van der Waals surface area contributed by atoms with Crippen LogP contribution < -0.4 is 0 Å². The molecule has 25 heavy (non-hydrogen) atoms. The van der Waals surface area contributed by atoms with Crippen LogP contribution in [0.2, 0.25) is 0 Å². The summed E-state index contributed by atoms with van der Waals surface area (Å²) in [4.78, 5) is 23.8. The van der Waals surface area contributed by atoms with Crippen LogP contribution in [-0.4, -0.2) is 24.1 Å². The average molecular weight is 355 g/mol. The van der Waals surface area contributed by atoms with Crippen LogP contribution in [0.1, 0.15) is 98.8 Å². The number of hydrogen-bond donors (Lipinski definition) is 0. The lowest BCUT2D eigenvalue weighted by Gasteiger charge is -2.36. The first-order valence-corrected chi connectivity index (χ1v) is 10.1. The van der Waals surface area contributed by atoms with Crippen LogP contribution in [0.4, 0.5) is 0 Å². The molecule has 1 rings (SSSR count). The molecule has 1 atom stereocenters. The maximum atomic E-state index is 12.0. The van der Waals surface area contributed by atoms with Crippen molar-refractivity contribution in [1.29, 1.82) is 0 Å². The monoisotopic (exact) mass is 354 g/mol. The van der Waals surface area contributed by atoms with Gasteiger partial charge in [0.15, 0.2) is 0 Å². The van der Waals surface area contributed by atoms with Crippen molar-refractivity contribution < 1.29 is 19.1 Å². The highest BCUT2D eigenvalue weighted by molar-refractivity contribution is 5.77. The van der Waals surface area contributed by atoms with Crippen LogP contribution in [0.25, 0.3) is 0 Å². The van der Waals surface area contributed by atoms with Gasteiger partial charge < -0.3 is 9.47 Å². The number of ether oxygens (including phenoxy) is 2. The fraction of sp³-hybridized carbons (Fsp3) is 0.905. The Morgan fingerprint density at radius 3 is 2.16 bits per heavy atom. The quantitative estimate of drug-likeness (QED) is 0.409. The molecule has 146 valence electrons. The first-order chi connectivity index (χ1) is 11.7. The van der Waals surface area contributed by atoms with Gasteiger partial charge in [0, 0.05) is 0 Å². The smallest absolute Gasteiger partial charge is 0.306 e. The van der Waals surface area contributed by atoms with Crippen LogP contribution in [0.3, 0.4) is 0 Å². The molecule has 0 heterocycles. The zero-order valence-electron chi connectivity index (χ0n) is 16.9. The summed E-state index contributed by atoms with van der Waals surface area (Å²) in [6.45, 7) is 10.9. The normalized spacial score (nSPS) is 22.3. The third-order valence-corrected chi connectivity index (χ3v) is 5.28. The van der Waals surface area contributed by atoms with E-state index in [9.17, 15) is 9.59 Å². The summed E-state index contributed by atoms with van der Waals surface area (Å²) in [7, 11) is 0. The summed E-state index contributed by atoms with van der Waals surface area (Å²) in [5.74, 6) is 0.138. The van der Waals surface area contributed by atoms with Gasteiger partial charge in [-0.1, -0.05) is 40.5 Å². The molecule has 0 aromatic heterocycles. The molecule has 1 unspecified atom stereocenters. The molecule has 0 aromatic rings. The van der Waals surface area contributed by atoms with E-state index in [4.69, 9.17) is 9.47 Å². The molecular formula is C21H38O4. The molecule has 0 amide bonds. The Hall–Kier alpha value is -1.06. The number of carbonyl (C=O) groups is 2. The standard InChI is InChI=1S/C21H38O4/c1-6-7-8-9-16(2)24-19(22)14-15-20(23)25-18-12-10-17(11-13-18)21(3,4)5/h16-18H,6-15H2,1-5H3.